The van der Waals surface area contributed by atoms with Crippen LogP contribution in [-0.4, -0.2) is 13.7 Å². The summed E-state index contributed by atoms with van der Waals surface area (Å²) in [5.41, 5.74) is 1.26. The minimum Gasteiger partial charge on any atom is -0.497 e. The number of hydrogen-bond acceptors (Lipinski definition) is 2. The SMILES string of the molecule is C=C(/C=C\C(=C)C(=C)/C(F)=C\C(=C)OC)COc1ccc(C2CCC(C)CC2)c(F)c1F. The highest BCUT2D eigenvalue weighted by Crippen LogP contribution is 2.38. The van der Waals surface area contributed by atoms with Gasteiger partial charge in [0.05, 0.1) is 7.11 Å². The summed E-state index contributed by atoms with van der Waals surface area (Å²) < 4.78 is 53.4. The first-order valence-electron chi connectivity index (χ1n) is 10.6. The van der Waals surface area contributed by atoms with E-state index in [0.717, 1.165) is 31.8 Å². The minimum absolute atomic E-state index is 0.0438. The fourth-order valence-electron chi connectivity index (χ4n) is 3.52. The maximum absolute atomic E-state index is 14.6. The highest BCUT2D eigenvalue weighted by Gasteiger charge is 2.25. The van der Waals surface area contributed by atoms with Crippen LogP contribution in [0.2, 0.25) is 0 Å². The first-order chi connectivity index (χ1) is 15.1. The van der Waals surface area contributed by atoms with Gasteiger partial charge in [-0.1, -0.05) is 64.3 Å². The van der Waals surface area contributed by atoms with E-state index in [1.165, 1.54) is 19.3 Å². The Kier molecular flexibility index (Phi) is 9.18. The molecule has 2 rings (SSSR count). The monoisotopic (exact) mass is 444 g/mol. The lowest BCUT2D eigenvalue weighted by molar-refractivity contribution is 0.307. The van der Waals surface area contributed by atoms with Gasteiger partial charge in [0.1, 0.15) is 18.2 Å². The van der Waals surface area contributed by atoms with E-state index in [1.807, 2.05) is 0 Å². The molecule has 0 heterocycles. The van der Waals surface area contributed by atoms with Crippen molar-refractivity contribution in [1.82, 2.24) is 0 Å². The molecule has 1 aromatic carbocycles. The van der Waals surface area contributed by atoms with Gasteiger partial charge < -0.3 is 9.47 Å². The molecule has 0 aliphatic heterocycles. The van der Waals surface area contributed by atoms with Crippen LogP contribution in [0.5, 0.6) is 5.75 Å². The summed E-state index contributed by atoms with van der Waals surface area (Å²) >= 11 is 0. The fourth-order valence-corrected chi connectivity index (χ4v) is 3.52. The van der Waals surface area contributed by atoms with Crippen molar-refractivity contribution in [2.45, 2.75) is 38.5 Å². The van der Waals surface area contributed by atoms with Crippen LogP contribution >= 0.6 is 0 Å². The van der Waals surface area contributed by atoms with Crippen LogP contribution in [0.3, 0.4) is 0 Å². The molecule has 5 heteroatoms. The summed E-state index contributed by atoms with van der Waals surface area (Å²) in [7, 11) is 1.38. The van der Waals surface area contributed by atoms with Gasteiger partial charge in [-0.3, -0.25) is 0 Å². The van der Waals surface area contributed by atoms with Crippen molar-refractivity contribution in [3.63, 3.8) is 0 Å². The number of hydrogen-bond donors (Lipinski definition) is 0. The average Bonchev–Trinajstić information content (AvgIpc) is 2.78. The summed E-state index contributed by atoms with van der Waals surface area (Å²) in [6.07, 6.45) is 7.95. The first-order valence-corrected chi connectivity index (χ1v) is 10.6. The minimum atomic E-state index is -0.985. The second-order valence-electron chi connectivity index (χ2n) is 8.18. The number of methoxy groups -OCH3 is 1. The molecular formula is C27H31F3O2. The number of allylic oxidation sites excluding steroid dienone is 5. The smallest absolute Gasteiger partial charge is 0.200 e. The van der Waals surface area contributed by atoms with Crippen LogP contribution in [0.4, 0.5) is 13.2 Å². The zero-order valence-corrected chi connectivity index (χ0v) is 18.9. The van der Waals surface area contributed by atoms with Crippen molar-refractivity contribution < 1.29 is 22.6 Å². The summed E-state index contributed by atoms with van der Waals surface area (Å²) in [6, 6.07) is 3.08. The summed E-state index contributed by atoms with van der Waals surface area (Å²) in [6.45, 7) is 16.8. The van der Waals surface area contributed by atoms with E-state index in [4.69, 9.17) is 9.47 Å². The van der Waals surface area contributed by atoms with Crippen molar-refractivity contribution in [2.75, 3.05) is 13.7 Å². The molecule has 0 radical (unpaired) electrons. The Bertz CT molecular complexity index is 948. The predicted molar refractivity (Wildman–Crippen MR) is 124 cm³/mol. The van der Waals surface area contributed by atoms with E-state index in [9.17, 15) is 13.2 Å². The Labute approximate surface area is 189 Å². The van der Waals surface area contributed by atoms with Crippen LogP contribution in [0.15, 0.2) is 85.0 Å². The van der Waals surface area contributed by atoms with Gasteiger partial charge in [0.25, 0.3) is 0 Å². The quantitative estimate of drug-likeness (QED) is 0.270. The Hall–Kier alpha value is -2.95. The number of ether oxygens (including phenoxy) is 2. The summed E-state index contributed by atoms with van der Waals surface area (Å²) in [5, 5.41) is 0. The molecule has 1 aliphatic carbocycles. The second kappa shape index (κ2) is 11.6. The van der Waals surface area contributed by atoms with Crippen molar-refractivity contribution >= 4 is 0 Å². The zero-order valence-electron chi connectivity index (χ0n) is 18.9. The lowest BCUT2D eigenvalue weighted by atomic mass is 9.79. The molecule has 2 nitrogen and oxygen atoms in total. The fraction of sp³-hybridized carbons (Fsp3) is 0.333. The maximum atomic E-state index is 14.6. The van der Waals surface area contributed by atoms with E-state index in [-0.39, 0.29) is 29.6 Å². The van der Waals surface area contributed by atoms with Crippen LogP contribution in [0.1, 0.15) is 44.1 Å². The number of benzene rings is 1. The molecule has 1 saturated carbocycles. The molecule has 0 saturated heterocycles. The standard InChI is InChI=1S/C27H31F3O2/c1-17-8-11-22(12-9-17)23-13-14-25(27(30)26(23)29)32-16-18(2)7-10-19(3)21(5)24(28)15-20(4)31-6/h7,10,13-15,17,22H,2-5,8-9,11-12,16H2,1,6H3/b10-7-,24-15+. The molecule has 0 bridgehead atoms. The number of rotatable bonds is 10. The Balaban J connectivity index is 1.95. The molecule has 1 aliphatic rings. The van der Waals surface area contributed by atoms with Crippen LogP contribution < -0.4 is 4.74 Å². The molecule has 1 aromatic rings. The molecule has 0 aromatic heterocycles. The molecule has 0 amide bonds. The lowest BCUT2D eigenvalue weighted by Gasteiger charge is -2.27. The molecule has 0 spiro atoms. The van der Waals surface area contributed by atoms with Gasteiger partial charge in [0, 0.05) is 11.6 Å². The van der Waals surface area contributed by atoms with Gasteiger partial charge in [-0.2, -0.15) is 4.39 Å². The van der Waals surface area contributed by atoms with E-state index >= 15 is 0 Å². The molecule has 32 heavy (non-hydrogen) atoms. The first kappa shape index (κ1) is 25.3. The largest absolute Gasteiger partial charge is 0.497 e. The maximum Gasteiger partial charge on any atom is 0.200 e. The Morgan fingerprint density at radius 3 is 2.31 bits per heavy atom. The molecule has 0 atom stereocenters. The van der Waals surface area contributed by atoms with Crippen molar-refractivity contribution in [3.05, 3.63) is 102 Å². The topological polar surface area (TPSA) is 18.5 Å². The van der Waals surface area contributed by atoms with E-state index in [1.54, 1.807) is 12.1 Å². The van der Waals surface area contributed by atoms with Crippen molar-refractivity contribution in [1.29, 1.82) is 0 Å². The normalized spacial score (nSPS) is 19.0. The third kappa shape index (κ3) is 6.78. The van der Waals surface area contributed by atoms with Crippen LogP contribution in [-0.2, 0) is 4.74 Å². The van der Waals surface area contributed by atoms with Gasteiger partial charge in [0.15, 0.2) is 11.6 Å². The Morgan fingerprint density at radius 1 is 1.03 bits per heavy atom. The van der Waals surface area contributed by atoms with E-state index < -0.39 is 17.5 Å². The third-order valence-electron chi connectivity index (χ3n) is 5.69. The second-order valence-corrected chi connectivity index (χ2v) is 8.18. The molecular weight excluding hydrogens is 413 g/mol. The van der Waals surface area contributed by atoms with E-state index in [2.05, 4.69) is 33.2 Å². The Morgan fingerprint density at radius 2 is 1.69 bits per heavy atom. The highest BCUT2D eigenvalue weighted by molar-refractivity contribution is 5.48. The summed E-state index contributed by atoms with van der Waals surface area (Å²) in [5.74, 6) is -1.79. The van der Waals surface area contributed by atoms with Crippen LogP contribution in [0, 0.1) is 17.6 Å². The molecule has 1 fully saturated rings. The lowest BCUT2D eigenvalue weighted by Crippen LogP contribution is -2.13. The summed E-state index contributed by atoms with van der Waals surface area (Å²) in [4.78, 5) is 0. The zero-order chi connectivity index (χ0) is 23.8. The third-order valence-corrected chi connectivity index (χ3v) is 5.69. The van der Waals surface area contributed by atoms with Crippen LogP contribution in [0.25, 0.3) is 0 Å². The number of halogens is 3. The average molecular weight is 445 g/mol. The van der Waals surface area contributed by atoms with E-state index in [0.29, 0.717) is 22.6 Å². The molecule has 172 valence electrons. The predicted octanol–water partition coefficient (Wildman–Crippen LogP) is 7.88. The van der Waals surface area contributed by atoms with Gasteiger partial charge in [-0.15, -0.1) is 0 Å². The van der Waals surface area contributed by atoms with Crippen molar-refractivity contribution in [2.24, 2.45) is 5.92 Å². The van der Waals surface area contributed by atoms with Crippen molar-refractivity contribution in [3.8, 4) is 5.75 Å². The van der Waals surface area contributed by atoms with Gasteiger partial charge >= 0.3 is 0 Å². The van der Waals surface area contributed by atoms with Gasteiger partial charge in [-0.05, 0) is 47.5 Å². The van der Waals surface area contributed by atoms with Gasteiger partial charge in [0.2, 0.25) is 5.82 Å². The molecule has 0 N–H and O–H groups in total. The highest BCUT2D eigenvalue weighted by atomic mass is 19.2. The molecule has 0 unspecified atom stereocenters. The van der Waals surface area contributed by atoms with Gasteiger partial charge in [-0.25, -0.2) is 8.78 Å².